The predicted octanol–water partition coefficient (Wildman–Crippen LogP) is 3.01. The summed E-state index contributed by atoms with van der Waals surface area (Å²) in [4.78, 5) is 12.7. The molecule has 1 aliphatic heterocycles. The molecule has 1 amide bonds. The summed E-state index contributed by atoms with van der Waals surface area (Å²) in [5, 5.41) is 2.91. The molecule has 0 bridgehead atoms. The lowest BCUT2D eigenvalue weighted by Gasteiger charge is -2.29. The van der Waals surface area contributed by atoms with Crippen LogP contribution in [0.25, 0.3) is 0 Å². The Hall–Kier alpha value is -0.530. The Morgan fingerprint density at radius 2 is 1.77 bits per heavy atom. The fourth-order valence-corrected chi connectivity index (χ4v) is 4.99. The molecule has 0 saturated carbocycles. The summed E-state index contributed by atoms with van der Waals surface area (Å²) < 4.78 is 24.8. The molecule has 7 heteroatoms. The fraction of sp³-hybridized carbons (Fsp3) is 0.533. The van der Waals surface area contributed by atoms with Gasteiger partial charge in [-0.15, -0.1) is 0 Å². The van der Waals surface area contributed by atoms with Crippen molar-refractivity contribution in [3.63, 3.8) is 0 Å². The SMILES string of the molecule is CC(C)(C(=O)NC1CCSCC1)S(=O)(=O)c1ccc(Br)cc1. The van der Waals surface area contributed by atoms with Crippen LogP contribution < -0.4 is 5.32 Å². The molecule has 0 aromatic heterocycles. The van der Waals surface area contributed by atoms with Gasteiger partial charge in [0, 0.05) is 10.5 Å². The zero-order valence-corrected chi connectivity index (χ0v) is 15.9. The normalized spacial score (nSPS) is 17.2. The second kappa shape index (κ2) is 6.93. The quantitative estimate of drug-likeness (QED) is 0.835. The van der Waals surface area contributed by atoms with E-state index in [-0.39, 0.29) is 10.9 Å². The van der Waals surface area contributed by atoms with Crippen LogP contribution in [0.2, 0.25) is 0 Å². The lowest BCUT2D eigenvalue weighted by molar-refractivity contribution is -0.123. The maximum Gasteiger partial charge on any atom is 0.241 e. The summed E-state index contributed by atoms with van der Waals surface area (Å²) in [5.74, 6) is 1.59. The van der Waals surface area contributed by atoms with Gasteiger partial charge >= 0.3 is 0 Å². The van der Waals surface area contributed by atoms with Crippen molar-refractivity contribution >= 4 is 43.4 Å². The molecule has 0 unspecified atom stereocenters. The largest absolute Gasteiger partial charge is 0.352 e. The number of rotatable bonds is 4. The third-order valence-corrected chi connectivity index (χ3v) is 7.90. The van der Waals surface area contributed by atoms with E-state index in [1.165, 1.54) is 26.0 Å². The number of carbonyl (C=O) groups excluding carboxylic acids is 1. The van der Waals surface area contributed by atoms with Gasteiger partial charge in [-0.2, -0.15) is 11.8 Å². The number of amides is 1. The average molecular weight is 406 g/mol. The van der Waals surface area contributed by atoms with Crippen LogP contribution >= 0.6 is 27.7 Å². The molecule has 4 nitrogen and oxygen atoms in total. The molecule has 1 fully saturated rings. The second-order valence-corrected chi connectivity index (χ2v) is 10.5. The lowest BCUT2D eigenvalue weighted by atomic mass is 10.1. The summed E-state index contributed by atoms with van der Waals surface area (Å²) in [6.07, 6.45) is 1.79. The molecule has 1 aliphatic rings. The first-order valence-corrected chi connectivity index (χ1v) is 10.6. The number of thioether (sulfide) groups is 1. The van der Waals surface area contributed by atoms with Crippen molar-refractivity contribution in [1.82, 2.24) is 5.32 Å². The monoisotopic (exact) mass is 405 g/mol. The number of nitrogens with one attached hydrogen (secondary N) is 1. The van der Waals surface area contributed by atoms with Gasteiger partial charge in [-0.1, -0.05) is 15.9 Å². The highest BCUT2D eigenvalue weighted by Gasteiger charge is 2.43. The van der Waals surface area contributed by atoms with Crippen LogP contribution in [0.1, 0.15) is 26.7 Å². The first-order chi connectivity index (χ1) is 10.2. The molecule has 0 radical (unpaired) electrons. The van der Waals surface area contributed by atoms with Crippen LogP contribution in [-0.4, -0.2) is 36.6 Å². The minimum atomic E-state index is -3.74. The minimum absolute atomic E-state index is 0.0770. The number of carbonyl (C=O) groups is 1. The highest BCUT2D eigenvalue weighted by molar-refractivity contribution is 9.10. The van der Waals surface area contributed by atoms with Gasteiger partial charge in [-0.3, -0.25) is 4.79 Å². The van der Waals surface area contributed by atoms with Gasteiger partial charge in [0.1, 0.15) is 4.75 Å². The standard InChI is InChI=1S/C15H20BrNO3S2/c1-15(2,14(18)17-12-7-9-21-10-8-12)22(19,20)13-5-3-11(16)4-6-13/h3-6,12H,7-10H2,1-2H3,(H,17,18). The van der Waals surface area contributed by atoms with E-state index in [1.807, 2.05) is 11.8 Å². The van der Waals surface area contributed by atoms with Crippen LogP contribution in [-0.2, 0) is 14.6 Å². The maximum atomic E-state index is 12.8. The summed E-state index contributed by atoms with van der Waals surface area (Å²) in [7, 11) is -3.74. The molecular formula is C15H20BrNO3S2. The van der Waals surface area contributed by atoms with Crippen molar-refractivity contribution in [3.8, 4) is 0 Å². The zero-order chi connectivity index (χ0) is 16.4. The molecule has 1 aromatic rings. The van der Waals surface area contributed by atoms with Crippen molar-refractivity contribution in [2.45, 2.75) is 42.4 Å². The van der Waals surface area contributed by atoms with Crippen molar-refractivity contribution in [1.29, 1.82) is 0 Å². The smallest absolute Gasteiger partial charge is 0.241 e. The van der Waals surface area contributed by atoms with E-state index in [1.54, 1.807) is 12.1 Å². The Morgan fingerprint density at radius 3 is 2.32 bits per heavy atom. The van der Waals surface area contributed by atoms with Crippen LogP contribution in [0.15, 0.2) is 33.6 Å². The van der Waals surface area contributed by atoms with E-state index in [0.717, 1.165) is 28.8 Å². The molecule has 1 saturated heterocycles. The third-order valence-electron chi connectivity index (χ3n) is 3.90. The third kappa shape index (κ3) is 3.68. The average Bonchev–Trinajstić information content (AvgIpc) is 2.48. The number of sulfone groups is 1. The second-order valence-electron chi connectivity index (χ2n) is 5.83. The molecule has 122 valence electrons. The molecule has 1 aromatic carbocycles. The number of halogens is 1. The molecule has 22 heavy (non-hydrogen) atoms. The topological polar surface area (TPSA) is 63.2 Å². The predicted molar refractivity (Wildman–Crippen MR) is 93.9 cm³/mol. The summed E-state index contributed by atoms with van der Waals surface area (Å²) in [6.45, 7) is 2.94. The molecule has 2 rings (SSSR count). The Kier molecular flexibility index (Phi) is 5.61. The van der Waals surface area contributed by atoms with E-state index in [4.69, 9.17) is 0 Å². The highest BCUT2D eigenvalue weighted by Crippen LogP contribution is 2.27. The zero-order valence-electron chi connectivity index (χ0n) is 12.6. The van der Waals surface area contributed by atoms with Crippen LogP contribution in [0, 0.1) is 0 Å². The van der Waals surface area contributed by atoms with E-state index in [0.29, 0.717) is 0 Å². The summed E-state index contributed by atoms with van der Waals surface area (Å²) in [5.41, 5.74) is 0. The van der Waals surface area contributed by atoms with Crippen LogP contribution in [0.3, 0.4) is 0 Å². The molecule has 1 heterocycles. The van der Waals surface area contributed by atoms with Crippen LogP contribution in [0.4, 0.5) is 0 Å². The van der Waals surface area contributed by atoms with Gasteiger partial charge in [0.25, 0.3) is 0 Å². The summed E-state index contributed by atoms with van der Waals surface area (Å²) >= 11 is 5.14. The maximum absolute atomic E-state index is 12.8. The Balaban J connectivity index is 2.19. The van der Waals surface area contributed by atoms with E-state index in [9.17, 15) is 13.2 Å². The van der Waals surface area contributed by atoms with Gasteiger partial charge < -0.3 is 5.32 Å². The molecule has 0 atom stereocenters. The Bertz CT molecular complexity index is 635. The minimum Gasteiger partial charge on any atom is -0.352 e. The number of hydrogen-bond donors (Lipinski definition) is 1. The van der Waals surface area contributed by atoms with E-state index < -0.39 is 20.5 Å². The van der Waals surface area contributed by atoms with Crippen molar-refractivity contribution in [2.24, 2.45) is 0 Å². The van der Waals surface area contributed by atoms with Crippen LogP contribution in [0.5, 0.6) is 0 Å². The first-order valence-electron chi connectivity index (χ1n) is 7.14. The van der Waals surface area contributed by atoms with Crippen molar-refractivity contribution in [2.75, 3.05) is 11.5 Å². The Morgan fingerprint density at radius 1 is 1.23 bits per heavy atom. The first kappa shape index (κ1) is 17.8. The Labute approximate surface area is 144 Å². The van der Waals surface area contributed by atoms with Gasteiger partial charge in [0.15, 0.2) is 9.84 Å². The van der Waals surface area contributed by atoms with Gasteiger partial charge in [-0.25, -0.2) is 8.42 Å². The molecule has 0 aliphatic carbocycles. The summed E-state index contributed by atoms with van der Waals surface area (Å²) in [6, 6.07) is 6.45. The van der Waals surface area contributed by atoms with Crippen molar-refractivity contribution < 1.29 is 13.2 Å². The molecule has 1 N–H and O–H groups in total. The highest BCUT2D eigenvalue weighted by atomic mass is 79.9. The lowest BCUT2D eigenvalue weighted by Crippen LogP contribution is -2.51. The van der Waals surface area contributed by atoms with Gasteiger partial charge in [-0.05, 0) is 62.5 Å². The van der Waals surface area contributed by atoms with Gasteiger partial charge in [0.05, 0.1) is 4.90 Å². The fourth-order valence-electron chi connectivity index (χ4n) is 2.23. The number of benzene rings is 1. The van der Waals surface area contributed by atoms with Crippen molar-refractivity contribution in [3.05, 3.63) is 28.7 Å². The number of hydrogen-bond acceptors (Lipinski definition) is 4. The van der Waals surface area contributed by atoms with Gasteiger partial charge in [0.2, 0.25) is 5.91 Å². The van der Waals surface area contributed by atoms with E-state index >= 15 is 0 Å². The molecule has 0 spiro atoms. The van der Waals surface area contributed by atoms with E-state index in [2.05, 4.69) is 21.2 Å². The molecular weight excluding hydrogens is 386 g/mol.